The molecule has 0 spiro atoms. The molecule has 2 fully saturated rings. The van der Waals surface area contributed by atoms with Gasteiger partial charge in [-0.25, -0.2) is 9.67 Å². The minimum atomic E-state index is 0.164. The van der Waals surface area contributed by atoms with Crippen LogP contribution in [0.1, 0.15) is 62.3 Å². The number of aromatic nitrogens is 5. The van der Waals surface area contributed by atoms with Gasteiger partial charge >= 0.3 is 0 Å². The van der Waals surface area contributed by atoms with E-state index in [0.717, 1.165) is 62.2 Å². The fourth-order valence-corrected chi connectivity index (χ4v) is 4.96. The first-order valence-electron chi connectivity index (χ1n) is 10.4. The summed E-state index contributed by atoms with van der Waals surface area (Å²) in [6.45, 7) is 6.86. The number of tetrazole rings is 1. The van der Waals surface area contributed by atoms with Crippen LogP contribution in [0.15, 0.2) is 11.6 Å². The second kappa shape index (κ2) is 9.09. The summed E-state index contributed by atoms with van der Waals surface area (Å²) < 4.78 is 1.87. The van der Waals surface area contributed by atoms with Gasteiger partial charge in [0.2, 0.25) is 5.91 Å². The first-order valence-corrected chi connectivity index (χ1v) is 11.2. The molecule has 2 aliphatic heterocycles. The van der Waals surface area contributed by atoms with E-state index in [9.17, 15) is 4.79 Å². The van der Waals surface area contributed by atoms with Gasteiger partial charge in [-0.15, -0.1) is 16.4 Å². The van der Waals surface area contributed by atoms with E-state index in [-0.39, 0.29) is 11.9 Å². The highest BCUT2D eigenvalue weighted by Crippen LogP contribution is 2.33. The van der Waals surface area contributed by atoms with Crippen LogP contribution in [0.5, 0.6) is 0 Å². The van der Waals surface area contributed by atoms with Crippen LogP contribution in [0, 0.1) is 5.92 Å². The number of rotatable bonds is 7. The lowest BCUT2D eigenvalue weighted by Crippen LogP contribution is -2.33. The quantitative estimate of drug-likeness (QED) is 0.707. The number of thiazole rings is 1. The summed E-state index contributed by atoms with van der Waals surface area (Å²) in [4.78, 5) is 21.6. The van der Waals surface area contributed by atoms with Crippen molar-refractivity contribution < 1.29 is 4.79 Å². The molecule has 1 unspecified atom stereocenters. The molecule has 8 nitrogen and oxygen atoms in total. The molecule has 9 heteroatoms. The Hall–Kier alpha value is -1.87. The van der Waals surface area contributed by atoms with Crippen LogP contribution in [-0.2, 0) is 17.9 Å². The van der Waals surface area contributed by atoms with Gasteiger partial charge in [0.15, 0.2) is 5.82 Å². The summed E-state index contributed by atoms with van der Waals surface area (Å²) >= 11 is 1.64. The van der Waals surface area contributed by atoms with Crippen molar-refractivity contribution in [3.05, 3.63) is 22.4 Å². The molecule has 152 valence electrons. The molecule has 28 heavy (non-hydrogen) atoms. The van der Waals surface area contributed by atoms with Crippen molar-refractivity contribution in [2.45, 2.75) is 64.6 Å². The minimum absolute atomic E-state index is 0.164. The van der Waals surface area contributed by atoms with Gasteiger partial charge in [-0.1, -0.05) is 6.92 Å². The van der Waals surface area contributed by atoms with E-state index in [1.807, 2.05) is 21.2 Å². The van der Waals surface area contributed by atoms with Crippen molar-refractivity contribution >= 4 is 17.2 Å². The van der Waals surface area contributed by atoms with E-state index < -0.39 is 0 Å². The topological polar surface area (TPSA) is 80.0 Å². The summed E-state index contributed by atoms with van der Waals surface area (Å²) in [6.07, 6.45) is 7.67. The number of hydrogen-bond donors (Lipinski definition) is 0. The van der Waals surface area contributed by atoms with Gasteiger partial charge < -0.3 is 4.90 Å². The lowest BCUT2D eigenvalue weighted by atomic mass is 9.99. The zero-order valence-corrected chi connectivity index (χ0v) is 17.4. The van der Waals surface area contributed by atoms with Gasteiger partial charge in [0.05, 0.1) is 12.6 Å². The molecule has 0 bridgehead atoms. The maximum Gasteiger partial charge on any atom is 0.223 e. The third-order valence-electron chi connectivity index (χ3n) is 5.92. The summed E-state index contributed by atoms with van der Waals surface area (Å²) in [5, 5.41) is 15.3. The van der Waals surface area contributed by atoms with Gasteiger partial charge in [0.25, 0.3) is 0 Å². The number of aryl methyl sites for hydroxylation is 1. The maximum absolute atomic E-state index is 12.7. The Morgan fingerprint density at radius 1 is 1.25 bits per heavy atom. The van der Waals surface area contributed by atoms with Crippen molar-refractivity contribution in [3.63, 3.8) is 0 Å². The van der Waals surface area contributed by atoms with Crippen LogP contribution < -0.4 is 0 Å². The van der Waals surface area contributed by atoms with Crippen LogP contribution in [0.2, 0.25) is 0 Å². The van der Waals surface area contributed by atoms with Crippen LogP contribution in [-0.4, -0.2) is 60.5 Å². The van der Waals surface area contributed by atoms with Gasteiger partial charge in [-0.2, -0.15) is 0 Å². The first-order chi connectivity index (χ1) is 13.7. The third kappa shape index (κ3) is 4.57. The number of likely N-dealkylation sites (tertiary alicyclic amines) is 2. The summed E-state index contributed by atoms with van der Waals surface area (Å²) in [5.74, 6) is 1.94. The molecule has 2 aromatic rings. The van der Waals surface area contributed by atoms with Crippen LogP contribution >= 0.6 is 11.3 Å². The van der Waals surface area contributed by atoms with Crippen molar-refractivity contribution in [2.75, 3.05) is 19.6 Å². The predicted octanol–water partition coefficient (Wildman–Crippen LogP) is 2.51. The molecule has 0 radical (unpaired) electrons. The minimum Gasteiger partial charge on any atom is -0.333 e. The lowest BCUT2D eigenvalue weighted by molar-refractivity contribution is -0.132. The van der Waals surface area contributed by atoms with Crippen LogP contribution in [0.3, 0.4) is 0 Å². The number of hydrogen-bond acceptors (Lipinski definition) is 7. The lowest BCUT2D eigenvalue weighted by Gasteiger charge is -2.29. The number of carbonyl (C=O) groups excluding carboxylic acids is 1. The molecule has 2 aromatic heterocycles. The van der Waals surface area contributed by atoms with Crippen molar-refractivity contribution in [1.82, 2.24) is 35.0 Å². The SMILES string of the molecule is CC1CCN(Cc2nnnn2CCCC(=O)N2CCCC2c2nccs2)CC1. The summed E-state index contributed by atoms with van der Waals surface area (Å²) in [5.41, 5.74) is 0. The monoisotopic (exact) mass is 403 g/mol. The molecule has 4 rings (SSSR count). The Labute approximate surface area is 169 Å². The number of amides is 1. The number of nitrogens with zero attached hydrogens (tertiary/aromatic N) is 7. The average molecular weight is 404 g/mol. The van der Waals surface area contributed by atoms with Gasteiger partial charge in [-0.05, 0) is 61.5 Å². The van der Waals surface area contributed by atoms with Crippen molar-refractivity contribution in [1.29, 1.82) is 0 Å². The molecular weight excluding hydrogens is 374 g/mol. The summed E-state index contributed by atoms with van der Waals surface area (Å²) in [6, 6.07) is 0.164. The Morgan fingerprint density at radius 3 is 2.89 bits per heavy atom. The first kappa shape index (κ1) is 19.4. The second-order valence-electron chi connectivity index (χ2n) is 8.00. The molecule has 0 N–H and O–H groups in total. The predicted molar refractivity (Wildman–Crippen MR) is 107 cm³/mol. The van der Waals surface area contributed by atoms with E-state index in [1.165, 1.54) is 12.8 Å². The Morgan fingerprint density at radius 2 is 2.11 bits per heavy atom. The largest absolute Gasteiger partial charge is 0.333 e. The van der Waals surface area contributed by atoms with Gasteiger partial charge in [-0.3, -0.25) is 9.69 Å². The molecule has 2 aliphatic rings. The van der Waals surface area contributed by atoms with Crippen molar-refractivity contribution in [3.8, 4) is 0 Å². The van der Waals surface area contributed by atoms with Gasteiger partial charge in [0, 0.05) is 31.1 Å². The van der Waals surface area contributed by atoms with E-state index >= 15 is 0 Å². The maximum atomic E-state index is 12.7. The van der Waals surface area contributed by atoms with E-state index in [4.69, 9.17) is 0 Å². The fraction of sp³-hybridized carbons (Fsp3) is 0.737. The zero-order chi connectivity index (χ0) is 19.3. The van der Waals surface area contributed by atoms with E-state index in [0.29, 0.717) is 13.0 Å². The molecule has 0 saturated carbocycles. The molecule has 2 saturated heterocycles. The Balaban J connectivity index is 1.26. The second-order valence-corrected chi connectivity index (χ2v) is 8.92. The highest BCUT2D eigenvalue weighted by molar-refractivity contribution is 7.09. The smallest absolute Gasteiger partial charge is 0.223 e. The third-order valence-corrected chi connectivity index (χ3v) is 6.79. The van der Waals surface area contributed by atoms with E-state index in [1.54, 1.807) is 11.3 Å². The molecule has 4 heterocycles. The highest BCUT2D eigenvalue weighted by atomic mass is 32.1. The molecule has 1 atom stereocenters. The van der Waals surface area contributed by atoms with Crippen molar-refractivity contribution in [2.24, 2.45) is 5.92 Å². The van der Waals surface area contributed by atoms with Gasteiger partial charge in [0.1, 0.15) is 5.01 Å². The highest BCUT2D eigenvalue weighted by Gasteiger charge is 2.31. The Bertz CT molecular complexity index is 754. The Kier molecular flexibility index (Phi) is 6.31. The summed E-state index contributed by atoms with van der Waals surface area (Å²) in [7, 11) is 0. The molecule has 0 aromatic carbocycles. The number of carbonyl (C=O) groups is 1. The molecule has 1 amide bonds. The fourth-order valence-electron chi connectivity index (χ4n) is 4.18. The standard InChI is InChI=1S/C19H29N7OS/c1-15-6-11-24(12-7-15)14-17-21-22-23-26(17)10-3-5-18(27)25-9-2-4-16(25)19-20-8-13-28-19/h8,13,15-16H,2-7,9-12,14H2,1H3. The van der Waals surface area contributed by atoms with Crippen LogP contribution in [0.25, 0.3) is 0 Å². The average Bonchev–Trinajstić information content (AvgIpc) is 3.45. The number of piperidine rings is 1. The molecule has 0 aliphatic carbocycles. The normalized spacial score (nSPS) is 21.5. The zero-order valence-electron chi connectivity index (χ0n) is 16.5. The van der Waals surface area contributed by atoms with E-state index in [2.05, 4.69) is 32.3 Å². The van der Waals surface area contributed by atoms with Crippen LogP contribution in [0.4, 0.5) is 0 Å². The molecular formula is C19H29N7OS.